The van der Waals surface area contributed by atoms with Gasteiger partial charge in [0.25, 0.3) is 0 Å². The fourth-order valence-electron chi connectivity index (χ4n) is 1.41. The molecule has 0 aliphatic heterocycles. The summed E-state index contributed by atoms with van der Waals surface area (Å²) in [5.41, 5.74) is 0.475. The monoisotopic (exact) mass is 246 g/mol. The van der Waals surface area contributed by atoms with Gasteiger partial charge in [-0.05, 0) is 13.0 Å². The zero-order valence-electron chi connectivity index (χ0n) is 9.54. The van der Waals surface area contributed by atoms with Crippen molar-refractivity contribution in [1.82, 2.24) is 4.98 Å². The van der Waals surface area contributed by atoms with Gasteiger partial charge in [0.05, 0.1) is 12.5 Å². The first-order chi connectivity index (χ1) is 7.74. The number of ether oxygens (including phenoxy) is 1. The molecule has 0 N–H and O–H groups in total. The normalized spacial score (nSPS) is 10.5. The van der Waals surface area contributed by atoms with Crippen LogP contribution in [-0.2, 0) is 10.6 Å². The Morgan fingerprint density at radius 2 is 2.31 bits per heavy atom. The summed E-state index contributed by atoms with van der Waals surface area (Å²) in [5.74, 6) is 0.163. The van der Waals surface area contributed by atoms with Crippen LogP contribution in [0.2, 0.25) is 0 Å². The molecule has 0 spiro atoms. The van der Waals surface area contributed by atoms with E-state index in [1.54, 1.807) is 19.4 Å². The van der Waals surface area contributed by atoms with Crippen molar-refractivity contribution >= 4 is 17.4 Å². The van der Waals surface area contributed by atoms with E-state index in [-0.39, 0.29) is 11.7 Å². The molecule has 0 radical (unpaired) electrons. The Labute approximate surface area is 100 Å². The molecule has 16 heavy (non-hydrogen) atoms. The Balaban J connectivity index is 2.91. The first-order valence-corrected chi connectivity index (χ1v) is 5.71. The van der Waals surface area contributed by atoms with E-state index in [1.165, 1.54) is 0 Å². The smallest absolute Gasteiger partial charge is 0.170 e. The highest BCUT2D eigenvalue weighted by atomic mass is 35.5. The number of pyridine rings is 1. The van der Waals surface area contributed by atoms with Gasteiger partial charge in [-0.3, -0.25) is 0 Å². The fourth-order valence-corrected chi connectivity index (χ4v) is 1.62. The standard InChI is InChI=1S/C11H16ClFN2O/c1-3-15(6-7-16-2)11-10(13)9(8-12)4-5-14-11/h4-5H,3,6-8H2,1-2H3. The lowest BCUT2D eigenvalue weighted by atomic mass is 10.2. The van der Waals surface area contributed by atoms with Crippen LogP contribution in [0.15, 0.2) is 12.3 Å². The molecule has 90 valence electrons. The van der Waals surface area contributed by atoms with E-state index in [1.807, 2.05) is 11.8 Å². The molecule has 1 aromatic rings. The van der Waals surface area contributed by atoms with Crippen LogP contribution in [0.1, 0.15) is 12.5 Å². The van der Waals surface area contributed by atoms with Crippen LogP contribution in [-0.4, -0.2) is 31.8 Å². The number of methoxy groups -OCH3 is 1. The average molecular weight is 247 g/mol. The van der Waals surface area contributed by atoms with Gasteiger partial charge >= 0.3 is 0 Å². The van der Waals surface area contributed by atoms with Crippen molar-refractivity contribution in [2.24, 2.45) is 0 Å². The van der Waals surface area contributed by atoms with Gasteiger partial charge in [-0.15, -0.1) is 11.6 Å². The van der Waals surface area contributed by atoms with Crippen LogP contribution in [0.5, 0.6) is 0 Å². The molecule has 0 saturated heterocycles. The Morgan fingerprint density at radius 1 is 1.56 bits per heavy atom. The van der Waals surface area contributed by atoms with E-state index in [0.29, 0.717) is 31.1 Å². The van der Waals surface area contributed by atoms with Crippen LogP contribution in [0, 0.1) is 5.82 Å². The van der Waals surface area contributed by atoms with Crippen molar-refractivity contribution in [1.29, 1.82) is 0 Å². The molecule has 5 heteroatoms. The largest absolute Gasteiger partial charge is 0.383 e. The summed E-state index contributed by atoms with van der Waals surface area (Å²) in [5, 5.41) is 0. The Morgan fingerprint density at radius 3 is 2.88 bits per heavy atom. The number of aromatic nitrogens is 1. The van der Waals surface area contributed by atoms with Crippen LogP contribution in [0.25, 0.3) is 0 Å². The SMILES string of the molecule is CCN(CCOC)c1nccc(CCl)c1F. The van der Waals surface area contributed by atoms with Gasteiger partial charge in [0.15, 0.2) is 11.6 Å². The van der Waals surface area contributed by atoms with Crippen LogP contribution in [0.3, 0.4) is 0 Å². The molecule has 3 nitrogen and oxygen atoms in total. The third kappa shape index (κ3) is 3.06. The summed E-state index contributed by atoms with van der Waals surface area (Å²) in [6.07, 6.45) is 1.57. The fraction of sp³-hybridized carbons (Fsp3) is 0.545. The number of halogens is 2. The van der Waals surface area contributed by atoms with E-state index >= 15 is 0 Å². The molecule has 0 unspecified atom stereocenters. The lowest BCUT2D eigenvalue weighted by molar-refractivity contribution is 0.205. The molecule has 0 amide bonds. The highest BCUT2D eigenvalue weighted by Gasteiger charge is 2.14. The van der Waals surface area contributed by atoms with Crippen molar-refractivity contribution in [3.05, 3.63) is 23.6 Å². The maximum absolute atomic E-state index is 13.9. The summed E-state index contributed by atoms with van der Waals surface area (Å²) in [7, 11) is 1.62. The number of likely N-dealkylation sites (N-methyl/N-ethyl adjacent to an activating group) is 1. The Bertz CT molecular complexity index is 336. The van der Waals surface area contributed by atoms with E-state index < -0.39 is 0 Å². The van der Waals surface area contributed by atoms with Crippen molar-refractivity contribution in [3.8, 4) is 0 Å². The summed E-state index contributed by atoms with van der Waals surface area (Å²) in [4.78, 5) is 5.88. The molecule has 0 aromatic carbocycles. The van der Waals surface area contributed by atoms with Crippen LogP contribution in [0.4, 0.5) is 10.2 Å². The second-order valence-electron chi connectivity index (χ2n) is 3.31. The van der Waals surface area contributed by atoms with E-state index in [0.717, 1.165) is 0 Å². The van der Waals surface area contributed by atoms with E-state index in [9.17, 15) is 4.39 Å². The van der Waals surface area contributed by atoms with Crippen molar-refractivity contribution in [3.63, 3.8) is 0 Å². The highest BCUT2D eigenvalue weighted by molar-refractivity contribution is 6.17. The van der Waals surface area contributed by atoms with Gasteiger partial charge in [-0.1, -0.05) is 0 Å². The van der Waals surface area contributed by atoms with Gasteiger partial charge in [0.1, 0.15) is 0 Å². The summed E-state index contributed by atoms with van der Waals surface area (Å²) in [6.45, 7) is 3.78. The number of hydrogen-bond donors (Lipinski definition) is 0. The van der Waals surface area contributed by atoms with Gasteiger partial charge in [-0.25, -0.2) is 9.37 Å². The first-order valence-electron chi connectivity index (χ1n) is 5.17. The minimum absolute atomic E-state index is 0.156. The number of rotatable bonds is 6. The third-order valence-electron chi connectivity index (χ3n) is 2.34. The van der Waals surface area contributed by atoms with Gasteiger partial charge in [-0.2, -0.15) is 0 Å². The molecule has 1 aromatic heterocycles. The number of alkyl halides is 1. The van der Waals surface area contributed by atoms with Crippen molar-refractivity contribution in [2.45, 2.75) is 12.8 Å². The molecule has 0 bridgehead atoms. The quantitative estimate of drug-likeness (QED) is 0.721. The van der Waals surface area contributed by atoms with E-state index in [2.05, 4.69) is 4.98 Å². The minimum Gasteiger partial charge on any atom is -0.383 e. The molecule has 0 aliphatic rings. The van der Waals surface area contributed by atoms with Crippen LogP contribution < -0.4 is 4.90 Å². The maximum atomic E-state index is 13.9. The molecule has 0 saturated carbocycles. The predicted molar refractivity (Wildman–Crippen MR) is 63.5 cm³/mol. The summed E-state index contributed by atoms with van der Waals surface area (Å²) in [6, 6.07) is 1.59. The third-order valence-corrected chi connectivity index (χ3v) is 2.63. The first kappa shape index (κ1) is 13.2. The lowest BCUT2D eigenvalue weighted by Gasteiger charge is -2.22. The van der Waals surface area contributed by atoms with Gasteiger partial charge in [0, 0.05) is 32.0 Å². The molecule has 0 atom stereocenters. The summed E-state index contributed by atoms with van der Waals surface area (Å²) >= 11 is 5.65. The second kappa shape index (κ2) is 6.66. The summed E-state index contributed by atoms with van der Waals surface area (Å²) < 4.78 is 18.9. The maximum Gasteiger partial charge on any atom is 0.170 e. The van der Waals surface area contributed by atoms with Crippen LogP contribution >= 0.6 is 11.6 Å². The zero-order chi connectivity index (χ0) is 12.0. The van der Waals surface area contributed by atoms with Crippen molar-refractivity contribution in [2.75, 3.05) is 31.7 Å². The Kier molecular flexibility index (Phi) is 5.49. The number of anilines is 1. The predicted octanol–water partition coefficient (Wildman–Crippen LogP) is 2.43. The average Bonchev–Trinajstić information content (AvgIpc) is 2.32. The molecular formula is C11H16ClFN2O. The number of hydrogen-bond acceptors (Lipinski definition) is 3. The number of nitrogens with zero attached hydrogens (tertiary/aromatic N) is 2. The van der Waals surface area contributed by atoms with Gasteiger partial charge < -0.3 is 9.64 Å². The highest BCUT2D eigenvalue weighted by Crippen LogP contribution is 2.20. The molecule has 1 heterocycles. The molecular weight excluding hydrogens is 231 g/mol. The van der Waals surface area contributed by atoms with Gasteiger partial charge in [0.2, 0.25) is 0 Å². The zero-order valence-corrected chi connectivity index (χ0v) is 10.3. The van der Waals surface area contributed by atoms with E-state index in [4.69, 9.17) is 16.3 Å². The minimum atomic E-state index is -0.338. The lowest BCUT2D eigenvalue weighted by Crippen LogP contribution is -2.28. The molecule has 1 rings (SSSR count). The molecule has 0 aliphatic carbocycles. The van der Waals surface area contributed by atoms with Crippen molar-refractivity contribution < 1.29 is 9.13 Å². The second-order valence-corrected chi connectivity index (χ2v) is 3.58. The molecule has 0 fully saturated rings. The topological polar surface area (TPSA) is 25.4 Å². The Hall–Kier alpha value is -0.870.